The standard InChI is InChI=1S/C23H20BrClN2O6S/c24-17-11-14(12-26-23(17)33-21-9-2-1-7-18(21)25)27(34(30)31)19-8-3-6-16-15(19)5-4-10-20(16)32-13-22(28)29/h1-2,4-5,7,9-12,19H,3,6,8,13H2,(H,28,29)(H,30,31)/p-1. The smallest absolute Gasteiger partial charge is 0.341 e. The SMILES string of the molecule is O=C(O)COc1cccc2c1CCCC2N(c1cnc(Oc2ccccc2Cl)c(Br)c1)S(=O)[O-]. The topological polar surface area (TPSA) is 112 Å². The number of aromatic nitrogens is 1. The van der Waals surface area contributed by atoms with Gasteiger partial charge in [-0.15, -0.1) is 0 Å². The highest BCUT2D eigenvalue weighted by atomic mass is 79.9. The third-order valence-electron chi connectivity index (χ3n) is 5.32. The number of aliphatic carboxylic acids is 1. The summed E-state index contributed by atoms with van der Waals surface area (Å²) in [5, 5.41) is 9.37. The molecular weight excluding hydrogens is 548 g/mol. The summed E-state index contributed by atoms with van der Waals surface area (Å²) < 4.78 is 37.7. The first-order valence-electron chi connectivity index (χ1n) is 10.3. The van der Waals surface area contributed by atoms with Crippen molar-refractivity contribution >= 4 is 50.5 Å². The zero-order valence-electron chi connectivity index (χ0n) is 17.6. The third kappa shape index (κ3) is 5.35. The zero-order valence-corrected chi connectivity index (χ0v) is 20.8. The Morgan fingerprint density at radius 1 is 1.26 bits per heavy atom. The van der Waals surface area contributed by atoms with Crippen molar-refractivity contribution in [1.29, 1.82) is 0 Å². The Labute approximate surface area is 212 Å². The fourth-order valence-corrected chi connectivity index (χ4v) is 5.21. The minimum atomic E-state index is -2.61. The Balaban J connectivity index is 1.66. The lowest BCUT2D eigenvalue weighted by Crippen LogP contribution is -2.33. The first kappa shape index (κ1) is 24.5. The molecule has 1 aromatic heterocycles. The summed E-state index contributed by atoms with van der Waals surface area (Å²) in [5.74, 6) is 0.0256. The normalized spacial score (nSPS) is 15.8. The summed E-state index contributed by atoms with van der Waals surface area (Å²) in [6.07, 6.45) is 3.37. The Hall–Kier alpha value is -2.66. The lowest BCUT2D eigenvalue weighted by molar-refractivity contribution is -0.139. The van der Waals surface area contributed by atoms with Crippen molar-refractivity contribution in [2.45, 2.75) is 25.3 Å². The van der Waals surface area contributed by atoms with Gasteiger partial charge in [-0.1, -0.05) is 35.9 Å². The van der Waals surface area contributed by atoms with Crippen molar-refractivity contribution in [2.75, 3.05) is 10.9 Å². The number of hydrogen-bond acceptors (Lipinski definition) is 6. The van der Waals surface area contributed by atoms with E-state index in [4.69, 9.17) is 26.2 Å². The Morgan fingerprint density at radius 2 is 2.03 bits per heavy atom. The predicted octanol–water partition coefficient (Wildman–Crippen LogP) is 5.43. The summed E-state index contributed by atoms with van der Waals surface area (Å²) in [4.78, 5) is 15.2. The van der Waals surface area contributed by atoms with Gasteiger partial charge in [-0.3, -0.25) is 8.51 Å². The van der Waals surface area contributed by atoms with Gasteiger partial charge in [0.05, 0.1) is 27.4 Å². The van der Waals surface area contributed by atoms with E-state index in [0.29, 0.717) is 45.9 Å². The monoisotopic (exact) mass is 565 g/mol. The van der Waals surface area contributed by atoms with E-state index < -0.39 is 29.9 Å². The van der Waals surface area contributed by atoms with Crippen LogP contribution in [0.1, 0.15) is 30.0 Å². The van der Waals surface area contributed by atoms with Crippen molar-refractivity contribution in [3.8, 4) is 17.4 Å². The molecule has 0 bridgehead atoms. The molecule has 1 N–H and O–H groups in total. The highest BCUT2D eigenvalue weighted by Crippen LogP contribution is 2.42. The first-order valence-corrected chi connectivity index (χ1v) is 12.5. The van der Waals surface area contributed by atoms with E-state index in [1.165, 1.54) is 10.5 Å². The van der Waals surface area contributed by atoms with Crippen LogP contribution in [-0.2, 0) is 22.5 Å². The van der Waals surface area contributed by atoms with Gasteiger partial charge in [-0.25, -0.2) is 9.78 Å². The molecule has 1 aliphatic carbocycles. The van der Waals surface area contributed by atoms with E-state index in [-0.39, 0.29) is 5.88 Å². The number of halogens is 2. The lowest BCUT2D eigenvalue weighted by Gasteiger charge is -2.38. The van der Waals surface area contributed by atoms with Crippen LogP contribution in [0.25, 0.3) is 0 Å². The van der Waals surface area contributed by atoms with Crippen LogP contribution in [0, 0.1) is 0 Å². The van der Waals surface area contributed by atoms with Crippen LogP contribution in [0.15, 0.2) is 59.2 Å². The van der Waals surface area contributed by atoms with Crippen LogP contribution in [0.4, 0.5) is 5.69 Å². The molecule has 1 aliphatic rings. The number of anilines is 1. The number of carboxylic acids is 1. The molecule has 2 atom stereocenters. The fraction of sp³-hybridized carbons (Fsp3) is 0.217. The number of carbonyl (C=O) groups is 1. The van der Waals surface area contributed by atoms with Gasteiger partial charge >= 0.3 is 5.97 Å². The number of para-hydroxylation sites is 1. The molecule has 34 heavy (non-hydrogen) atoms. The molecule has 2 unspecified atom stereocenters. The molecule has 8 nitrogen and oxygen atoms in total. The van der Waals surface area contributed by atoms with Crippen LogP contribution in [0.3, 0.4) is 0 Å². The number of carboxylic acid groups (broad SMARTS) is 1. The van der Waals surface area contributed by atoms with Gasteiger partial charge in [0.15, 0.2) is 6.61 Å². The molecule has 0 saturated heterocycles. The summed E-state index contributed by atoms with van der Waals surface area (Å²) >= 11 is 6.96. The Bertz CT molecular complexity index is 1240. The average Bonchev–Trinajstić information content (AvgIpc) is 2.81. The van der Waals surface area contributed by atoms with E-state index in [1.54, 1.807) is 42.5 Å². The summed E-state index contributed by atoms with van der Waals surface area (Å²) in [6, 6.07) is 13.3. The highest BCUT2D eigenvalue weighted by molar-refractivity contribution is 9.10. The van der Waals surface area contributed by atoms with Gasteiger partial charge < -0.3 is 19.1 Å². The second-order valence-electron chi connectivity index (χ2n) is 7.47. The zero-order chi connectivity index (χ0) is 24.2. The van der Waals surface area contributed by atoms with Crippen LogP contribution in [0.2, 0.25) is 5.02 Å². The number of ether oxygens (including phenoxy) is 2. The molecule has 178 valence electrons. The lowest BCUT2D eigenvalue weighted by atomic mass is 9.87. The molecular formula is C23H19BrClN2O6S-. The molecule has 0 saturated carbocycles. The molecule has 0 aliphatic heterocycles. The fourth-order valence-electron chi connectivity index (χ4n) is 3.92. The van der Waals surface area contributed by atoms with Crippen molar-refractivity contribution < 1.29 is 28.1 Å². The number of rotatable bonds is 8. The maximum absolute atomic E-state index is 12.4. The van der Waals surface area contributed by atoms with Gasteiger partial charge in [0.25, 0.3) is 0 Å². The minimum absolute atomic E-state index is 0.238. The molecule has 0 spiro atoms. The first-order chi connectivity index (χ1) is 16.3. The Morgan fingerprint density at radius 3 is 2.74 bits per heavy atom. The van der Waals surface area contributed by atoms with E-state index in [9.17, 15) is 13.6 Å². The minimum Gasteiger partial charge on any atom is -0.755 e. The van der Waals surface area contributed by atoms with E-state index >= 15 is 0 Å². The largest absolute Gasteiger partial charge is 0.755 e. The quantitative estimate of drug-likeness (QED) is 0.362. The number of pyridine rings is 1. The van der Waals surface area contributed by atoms with E-state index in [0.717, 1.165) is 11.1 Å². The number of hydrogen-bond donors (Lipinski definition) is 1. The van der Waals surface area contributed by atoms with Crippen LogP contribution in [-0.4, -0.2) is 31.4 Å². The molecule has 11 heteroatoms. The Kier molecular flexibility index (Phi) is 7.72. The maximum Gasteiger partial charge on any atom is 0.341 e. The molecule has 1 heterocycles. The van der Waals surface area contributed by atoms with Gasteiger partial charge in [0, 0.05) is 11.3 Å². The number of benzene rings is 2. The molecule has 0 radical (unpaired) electrons. The molecule has 0 fully saturated rings. The van der Waals surface area contributed by atoms with Gasteiger partial charge in [-0.05, 0) is 70.6 Å². The van der Waals surface area contributed by atoms with Crippen molar-refractivity contribution in [2.24, 2.45) is 0 Å². The van der Waals surface area contributed by atoms with Crippen LogP contribution >= 0.6 is 27.5 Å². The second-order valence-corrected chi connectivity index (χ2v) is 9.56. The van der Waals surface area contributed by atoms with Crippen molar-refractivity contribution in [3.05, 3.63) is 75.4 Å². The van der Waals surface area contributed by atoms with E-state index in [2.05, 4.69) is 20.9 Å². The molecule has 3 aromatic rings. The van der Waals surface area contributed by atoms with Crippen molar-refractivity contribution in [3.63, 3.8) is 0 Å². The van der Waals surface area contributed by atoms with Gasteiger partial charge in [0.2, 0.25) is 5.88 Å². The van der Waals surface area contributed by atoms with Gasteiger partial charge in [-0.2, -0.15) is 0 Å². The average molecular weight is 567 g/mol. The summed E-state index contributed by atoms with van der Waals surface area (Å²) in [5.41, 5.74) is 1.92. The number of nitrogens with zero attached hydrogens (tertiary/aromatic N) is 2. The van der Waals surface area contributed by atoms with Gasteiger partial charge in [0.1, 0.15) is 11.5 Å². The predicted molar refractivity (Wildman–Crippen MR) is 130 cm³/mol. The molecule has 4 rings (SSSR count). The van der Waals surface area contributed by atoms with E-state index in [1.807, 2.05) is 6.07 Å². The molecule has 2 aromatic carbocycles. The summed E-state index contributed by atoms with van der Waals surface area (Å²) in [6.45, 7) is -0.470. The second kappa shape index (κ2) is 10.7. The molecule has 0 amide bonds. The summed E-state index contributed by atoms with van der Waals surface area (Å²) in [7, 11) is 0. The number of fused-ring (bicyclic) bond motifs is 1. The van der Waals surface area contributed by atoms with Crippen molar-refractivity contribution in [1.82, 2.24) is 4.98 Å². The van der Waals surface area contributed by atoms with Crippen LogP contribution in [0.5, 0.6) is 17.4 Å². The third-order valence-corrected chi connectivity index (χ3v) is 6.99. The highest BCUT2D eigenvalue weighted by Gasteiger charge is 2.30. The van der Waals surface area contributed by atoms with Crippen LogP contribution < -0.4 is 13.8 Å². The maximum atomic E-state index is 12.4.